The van der Waals surface area contributed by atoms with Gasteiger partial charge in [0.2, 0.25) is 0 Å². The first-order valence-electron chi connectivity index (χ1n) is 9.94. The molecule has 2 aliphatic rings. The van der Waals surface area contributed by atoms with Crippen molar-refractivity contribution in [1.29, 1.82) is 0 Å². The zero-order valence-corrected chi connectivity index (χ0v) is 19.9. The fourth-order valence-electron chi connectivity index (χ4n) is 4.37. The number of nitrogens with one attached hydrogen (secondary N) is 1. The van der Waals surface area contributed by atoms with Crippen molar-refractivity contribution in [3.8, 4) is 0 Å². The van der Waals surface area contributed by atoms with Crippen LogP contribution in [0.1, 0.15) is 47.6 Å². The molecule has 0 fully saturated rings. The highest BCUT2D eigenvalue weighted by atomic mass is 35.5. The van der Waals surface area contributed by atoms with Crippen LogP contribution in [0.4, 0.5) is 14.9 Å². The lowest BCUT2D eigenvalue weighted by atomic mass is 9.98. The number of hydrogen-bond donors (Lipinski definition) is 4. The molecule has 2 aliphatic carbocycles. The zero-order chi connectivity index (χ0) is 22.6. The molecule has 0 aromatic heterocycles. The topological polar surface area (TPSA) is 125 Å². The molecule has 174 valence electrons. The Morgan fingerprint density at radius 2 is 1.69 bits per heavy atom. The fraction of sp³-hybridized carbons (Fsp3) is 0.381. The van der Waals surface area contributed by atoms with Gasteiger partial charge in [0.05, 0.1) is 4.90 Å². The molecule has 0 saturated carbocycles. The Balaban J connectivity index is 0.00000289. The number of halogens is 2. The summed E-state index contributed by atoms with van der Waals surface area (Å²) in [5.41, 5.74) is 4.51. The van der Waals surface area contributed by atoms with Crippen molar-refractivity contribution in [3.63, 3.8) is 0 Å². The molecule has 1 atom stereocenters. The van der Waals surface area contributed by atoms with Gasteiger partial charge in [0.15, 0.2) is 5.79 Å². The summed E-state index contributed by atoms with van der Waals surface area (Å²) >= 11 is 6.58. The maximum atomic E-state index is 14.5. The largest absolute Gasteiger partial charge is 0.362 e. The Labute approximate surface area is 197 Å². The van der Waals surface area contributed by atoms with Crippen molar-refractivity contribution < 1.29 is 23.6 Å². The van der Waals surface area contributed by atoms with Crippen LogP contribution < -0.4 is 10.5 Å². The number of amides is 2. The second-order valence-corrected chi connectivity index (χ2v) is 10.2. The van der Waals surface area contributed by atoms with Crippen molar-refractivity contribution in [1.82, 2.24) is 0 Å². The number of urea groups is 1. The summed E-state index contributed by atoms with van der Waals surface area (Å²) in [5.74, 6) is -3.33. The van der Waals surface area contributed by atoms with Gasteiger partial charge in [-0.25, -0.2) is 18.5 Å². The number of aliphatic hydroxyl groups is 2. The molecule has 2 aromatic rings. The van der Waals surface area contributed by atoms with Crippen LogP contribution in [0, 0.1) is 5.82 Å². The van der Waals surface area contributed by atoms with Gasteiger partial charge in [-0.1, -0.05) is 17.7 Å². The van der Waals surface area contributed by atoms with Crippen LogP contribution in [0.3, 0.4) is 0 Å². The van der Waals surface area contributed by atoms with Gasteiger partial charge in [0.25, 0.3) is 0 Å². The minimum Gasteiger partial charge on any atom is -0.362 e. The number of nitrogens with two attached hydrogens (primary N) is 1. The van der Waals surface area contributed by atoms with Crippen LogP contribution in [0.5, 0.6) is 0 Å². The highest BCUT2D eigenvalue weighted by molar-refractivity contribution is 7.91. The number of fused-ring (bicyclic) bond motifs is 2. The van der Waals surface area contributed by atoms with E-state index in [2.05, 4.69) is 9.68 Å². The molecule has 0 bridgehead atoms. The summed E-state index contributed by atoms with van der Waals surface area (Å²) in [7, 11) is -3.91. The third-order valence-corrected chi connectivity index (χ3v) is 7.67. The average molecular weight is 502 g/mol. The lowest BCUT2D eigenvalue weighted by Crippen LogP contribution is -2.22. The first kappa shape index (κ1) is 24.9. The quantitative estimate of drug-likeness (QED) is 0.479. The van der Waals surface area contributed by atoms with Gasteiger partial charge in [0, 0.05) is 16.3 Å². The Kier molecular flexibility index (Phi) is 6.95. The normalized spacial score (nSPS) is 16.6. The maximum absolute atomic E-state index is 14.5. The first-order valence-corrected chi connectivity index (χ1v) is 11.9. The number of carbonyl (C=O) groups is 1. The molecular weight excluding hydrogens is 477 g/mol. The standard InChI is InChI=1S/C21H23ClFN3O4S.H2S/c1-21(28,29)11-8-9-17(16(23)10-11)31(24,30)26-20(27)25-19-14-6-2-4-12(14)18(22)13-5-3-7-15(13)19;/h8-10,28-29H,2-7H2,1H3,(H3,24,25,26,27,30);1H2. The van der Waals surface area contributed by atoms with E-state index in [9.17, 15) is 23.6 Å². The number of carbonyl (C=O) groups excluding carboxylic acids is 1. The number of hydrogen-bond acceptors (Lipinski definition) is 4. The second kappa shape index (κ2) is 8.92. The number of nitrogens with zero attached hydrogens (tertiary/aromatic N) is 1. The van der Waals surface area contributed by atoms with Crippen LogP contribution in [0.2, 0.25) is 5.02 Å². The number of benzene rings is 2. The molecule has 2 amide bonds. The third-order valence-electron chi connectivity index (χ3n) is 5.81. The van der Waals surface area contributed by atoms with Crippen molar-refractivity contribution >= 4 is 46.7 Å². The lowest BCUT2D eigenvalue weighted by molar-refractivity contribution is -0.152. The molecule has 0 spiro atoms. The molecule has 32 heavy (non-hydrogen) atoms. The molecule has 4 rings (SSSR count). The van der Waals surface area contributed by atoms with E-state index < -0.39 is 32.4 Å². The minimum atomic E-state index is -3.91. The van der Waals surface area contributed by atoms with Crippen LogP contribution >= 0.6 is 25.1 Å². The summed E-state index contributed by atoms with van der Waals surface area (Å²) in [5, 5.41) is 28.4. The first-order chi connectivity index (χ1) is 14.5. The predicted octanol–water partition coefficient (Wildman–Crippen LogP) is 3.66. The van der Waals surface area contributed by atoms with Gasteiger partial charge < -0.3 is 15.5 Å². The van der Waals surface area contributed by atoms with Gasteiger partial charge in [-0.2, -0.15) is 13.5 Å². The molecule has 7 nitrogen and oxygen atoms in total. The molecule has 0 heterocycles. The lowest BCUT2D eigenvalue weighted by Gasteiger charge is -2.18. The Bertz CT molecular complexity index is 1190. The van der Waals surface area contributed by atoms with E-state index in [0.717, 1.165) is 90.9 Å². The second-order valence-electron chi connectivity index (χ2n) is 8.07. The summed E-state index contributed by atoms with van der Waals surface area (Å²) in [6, 6.07) is 2.06. The summed E-state index contributed by atoms with van der Waals surface area (Å²) in [6.07, 6.45) is 5.07. The maximum Gasteiger partial charge on any atom is 0.354 e. The Hall–Kier alpha value is -1.69. The summed E-state index contributed by atoms with van der Waals surface area (Å²) in [4.78, 5) is 12.2. The van der Waals surface area contributed by atoms with Crippen LogP contribution in [-0.4, -0.2) is 20.5 Å². The van der Waals surface area contributed by atoms with Gasteiger partial charge in [0.1, 0.15) is 15.7 Å². The van der Waals surface area contributed by atoms with Crippen LogP contribution in [-0.2, 0) is 41.4 Å². The number of anilines is 1. The van der Waals surface area contributed by atoms with Gasteiger partial charge in [-0.3, -0.25) is 0 Å². The fourth-order valence-corrected chi connectivity index (χ4v) is 5.78. The van der Waals surface area contributed by atoms with E-state index in [-0.39, 0.29) is 19.1 Å². The van der Waals surface area contributed by atoms with E-state index in [4.69, 9.17) is 16.7 Å². The van der Waals surface area contributed by atoms with Crippen LogP contribution in [0.25, 0.3) is 0 Å². The minimum absolute atomic E-state index is 0. The van der Waals surface area contributed by atoms with E-state index in [1.54, 1.807) is 0 Å². The van der Waals surface area contributed by atoms with Gasteiger partial charge >= 0.3 is 6.03 Å². The molecule has 2 aromatic carbocycles. The Morgan fingerprint density at radius 3 is 2.19 bits per heavy atom. The molecule has 1 unspecified atom stereocenters. The molecular formula is C21H25ClFN3O4S2. The summed E-state index contributed by atoms with van der Waals surface area (Å²) < 4.78 is 30.9. The predicted molar refractivity (Wildman–Crippen MR) is 126 cm³/mol. The van der Waals surface area contributed by atoms with Crippen LogP contribution in [0.15, 0.2) is 27.5 Å². The van der Waals surface area contributed by atoms with E-state index >= 15 is 0 Å². The van der Waals surface area contributed by atoms with Crippen molar-refractivity contribution in [2.24, 2.45) is 9.50 Å². The molecule has 11 heteroatoms. The van der Waals surface area contributed by atoms with Gasteiger partial charge in [-0.05, 0) is 79.8 Å². The van der Waals surface area contributed by atoms with Crippen molar-refractivity contribution in [2.75, 3.05) is 5.32 Å². The molecule has 0 aliphatic heterocycles. The van der Waals surface area contributed by atoms with Crippen molar-refractivity contribution in [3.05, 3.63) is 56.9 Å². The SMILES string of the molecule is CC(O)(O)c1ccc(S(N)(=O)=NC(=O)Nc2c3c(c(Cl)c4c2CCC4)CCC3)c(F)c1.S. The third kappa shape index (κ3) is 4.52. The smallest absolute Gasteiger partial charge is 0.354 e. The summed E-state index contributed by atoms with van der Waals surface area (Å²) in [6.45, 7) is 1.06. The molecule has 0 radical (unpaired) electrons. The monoisotopic (exact) mass is 501 g/mol. The molecule has 5 N–H and O–H groups in total. The van der Waals surface area contributed by atoms with Gasteiger partial charge in [-0.15, -0.1) is 4.36 Å². The highest BCUT2D eigenvalue weighted by Gasteiger charge is 2.29. The average Bonchev–Trinajstić information content (AvgIpc) is 3.33. The van der Waals surface area contributed by atoms with E-state index in [1.807, 2.05) is 0 Å². The zero-order valence-electron chi connectivity index (χ0n) is 17.4. The molecule has 0 saturated heterocycles. The van der Waals surface area contributed by atoms with E-state index in [0.29, 0.717) is 5.69 Å². The highest BCUT2D eigenvalue weighted by Crippen LogP contribution is 2.44. The van der Waals surface area contributed by atoms with Crippen molar-refractivity contribution in [2.45, 2.75) is 56.1 Å². The van der Waals surface area contributed by atoms with E-state index in [1.165, 1.54) is 0 Å². The Morgan fingerprint density at radius 1 is 1.16 bits per heavy atom. The number of rotatable bonds is 3.